The topological polar surface area (TPSA) is 38.7 Å². The fourth-order valence-corrected chi connectivity index (χ4v) is 1.77. The number of alkyl halides is 3. The maximum absolute atomic E-state index is 12.2. The molecule has 0 radical (unpaired) electrons. The molecule has 1 aromatic rings. The van der Waals surface area contributed by atoms with E-state index in [9.17, 15) is 13.2 Å². The molecule has 7 heteroatoms. The normalized spacial score (nSPS) is 16.1. The van der Waals surface area contributed by atoms with Crippen LogP contribution >= 0.6 is 11.6 Å². The molecule has 1 unspecified atom stereocenters. The quantitative estimate of drug-likeness (QED) is 0.896. The van der Waals surface area contributed by atoms with Crippen LogP contribution in [-0.4, -0.2) is 24.2 Å². The van der Waals surface area contributed by atoms with E-state index in [2.05, 4.69) is 0 Å². The Kier molecular flexibility index (Phi) is 3.09. The Labute approximate surface area is 99.7 Å². The zero-order chi connectivity index (χ0) is 12.6. The SMILES string of the molecule is OC(Cc1cc(Cl)c2c(c1)OCO2)C(F)(F)F. The molecule has 0 bridgehead atoms. The number of rotatable bonds is 2. The van der Waals surface area contributed by atoms with E-state index < -0.39 is 18.7 Å². The number of ether oxygens (including phenoxy) is 2. The van der Waals surface area contributed by atoms with Gasteiger partial charge >= 0.3 is 6.18 Å². The van der Waals surface area contributed by atoms with Gasteiger partial charge in [-0.2, -0.15) is 13.2 Å². The minimum Gasteiger partial charge on any atom is -0.454 e. The predicted molar refractivity (Wildman–Crippen MR) is 53.3 cm³/mol. The van der Waals surface area contributed by atoms with Crippen molar-refractivity contribution in [2.24, 2.45) is 0 Å². The average Bonchev–Trinajstić information content (AvgIpc) is 2.64. The third-order valence-corrected chi connectivity index (χ3v) is 2.57. The summed E-state index contributed by atoms with van der Waals surface area (Å²) in [5.41, 5.74) is 0.240. The Balaban J connectivity index is 2.21. The summed E-state index contributed by atoms with van der Waals surface area (Å²) in [4.78, 5) is 0. The number of benzene rings is 1. The molecule has 1 aliphatic heterocycles. The molecular formula is C10H8ClF3O3. The minimum absolute atomic E-state index is 0.0136. The molecule has 1 heterocycles. The molecule has 1 aliphatic rings. The van der Waals surface area contributed by atoms with Crippen molar-refractivity contribution in [3.05, 3.63) is 22.7 Å². The van der Waals surface area contributed by atoms with Gasteiger partial charge in [-0.3, -0.25) is 0 Å². The number of fused-ring (bicyclic) bond motifs is 1. The molecule has 0 spiro atoms. The first kappa shape index (κ1) is 12.3. The van der Waals surface area contributed by atoms with Crippen molar-refractivity contribution in [1.82, 2.24) is 0 Å². The lowest BCUT2D eigenvalue weighted by atomic mass is 10.1. The highest BCUT2D eigenvalue weighted by Crippen LogP contribution is 2.40. The molecule has 1 aromatic carbocycles. The molecule has 0 fully saturated rings. The van der Waals surface area contributed by atoms with E-state index in [0.29, 0.717) is 11.5 Å². The van der Waals surface area contributed by atoms with Crippen molar-refractivity contribution < 1.29 is 27.8 Å². The van der Waals surface area contributed by atoms with Crippen LogP contribution in [-0.2, 0) is 6.42 Å². The van der Waals surface area contributed by atoms with E-state index in [1.165, 1.54) is 12.1 Å². The largest absolute Gasteiger partial charge is 0.454 e. The summed E-state index contributed by atoms with van der Waals surface area (Å²) < 4.78 is 46.5. The second-order valence-corrected chi connectivity index (χ2v) is 3.98. The lowest BCUT2D eigenvalue weighted by Gasteiger charge is -2.14. The van der Waals surface area contributed by atoms with Gasteiger partial charge in [-0.1, -0.05) is 11.6 Å². The van der Waals surface area contributed by atoms with Crippen LogP contribution < -0.4 is 9.47 Å². The van der Waals surface area contributed by atoms with Crippen LogP contribution in [0.5, 0.6) is 11.5 Å². The standard InChI is InChI=1S/C10H8ClF3O3/c11-6-1-5(3-8(15)10(12,13)14)2-7-9(6)17-4-16-7/h1-2,8,15H,3-4H2. The first-order chi connectivity index (χ1) is 7.88. The second kappa shape index (κ2) is 4.27. The van der Waals surface area contributed by atoms with E-state index in [-0.39, 0.29) is 17.4 Å². The van der Waals surface area contributed by atoms with Crippen LogP contribution in [0.4, 0.5) is 13.2 Å². The molecule has 94 valence electrons. The highest BCUT2D eigenvalue weighted by atomic mass is 35.5. The van der Waals surface area contributed by atoms with Crippen molar-refractivity contribution in [3.63, 3.8) is 0 Å². The zero-order valence-electron chi connectivity index (χ0n) is 8.42. The molecule has 3 nitrogen and oxygen atoms in total. The molecular weight excluding hydrogens is 261 g/mol. The van der Waals surface area contributed by atoms with Crippen LogP contribution in [0.25, 0.3) is 0 Å². The first-order valence-electron chi connectivity index (χ1n) is 4.70. The Morgan fingerprint density at radius 1 is 1.35 bits per heavy atom. The van der Waals surface area contributed by atoms with E-state index in [0.717, 1.165) is 0 Å². The summed E-state index contributed by atoms with van der Waals surface area (Å²) >= 11 is 5.80. The molecule has 17 heavy (non-hydrogen) atoms. The minimum atomic E-state index is -4.65. The maximum Gasteiger partial charge on any atom is 0.414 e. The molecule has 1 atom stereocenters. The van der Waals surface area contributed by atoms with E-state index in [1.807, 2.05) is 0 Å². The monoisotopic (exact) mass is 268 g/mol. The molecule has 0 aliphatic carbocycles. The van der Waals surface area contributed by atoms with Crippen LogP contribution in [0.2, 0.25) is 5.02 Å². The molecule has 0 saturated heterocycles. The van der Waals surface area contributed by atoms with Gasteiger partial charge < -0.3 is 14.6 Å². The van der Waals surface area contributed by atoms with Gasteiger partial charge in [0.2, 0.25) is 6.79 Å². The van der Waals surface area contributed by atoms with Crippen molar-refractivity contribution >= 4 is 11.6 Å². The van der Waals surface area contributed by atoms with Gasteiger partial charge in [0.1, 0.15) is 0 Å². The van der Waals surface area contributed by atoms with Crippen molar-refractivity contribution in [3.8, 4) is 11.5 Å². The molecule has 2 rings (SSSR count). The molecule has 0 amide bonds. The molecule has 0 saturated carbocycles. The van der Waals surface area contributed by atoms with E-state index in [4.69, 9.17) is 26.2 Å². The summed E-state index contributed by atoms with van der Waals surface area (Å²) in [5, 5.41) is 9.11. The van der Waals surface area contributed by atoms with E-state index >= 15 is 0 Å². The van der Waals surface area contributed by atoms with Gasteiger partial charge in [-0.05, 0) is 17.7 Å². The van der Waals surface area contributed by atoms with Crippen LogP contribution in [0.3, 0.4) is 0 Å². The highest BCUT2D eigenvalue weighted by Gasteiger charge is 2.38. The summed E-state index contributed by atoms with van der Waals surface area (Å²) in [5.74, 6) is 0.610. The van der Waals surface area contributed by atoms with Crippen molar-refractivity contribution in [1.29, 1.82) is 0 Å². The predicted octanol–water partition coefficient (Wildman–Crippen LogP) is 2.53. The fourth-order valence-electron chi connectivity index (χ4n) is 1.48. The second-order valence-electron chi connectivity index (χ2n) is 3.57. The Morgan fingerprint density at radius 2 is 2.06 bits per heavy atom. The first-order valence-corrected chi connectivity index (χ1v) is 5.08. The average molecular weight is 269 g/mol. The molecule has 1 N–H and O–H groups in total. The zero-order valence-corrected chi connectivity index (χ0v) is 9.18. The fraction of sp³-hybridized carbons (Fsp3) is 0.400. The lowest BCUT2D eigenvalue weighted by Crippen LogP contribution is -2.30. The number of aliphatic hydroxyl groups is 1. The third-order valence-electron chi connectivity index (χ3n) is 2.29. The van der Waals surface area contributed by atoms with Gasteiger partial charge in [0.25, 0.3) is 0 Å². The van der Waals surface area contributed by atoms with Gasteiger partial charge in [0.15, 0.2) is 17.6 Å². The number of aliphatic hydroxyl groups excluding tert-OH is 1. The highest BCUT2D eigenvalue weighted by molar-refractivity contribution is 6.32. The van der Waals surface area contributed by atoms with Gasteiger partial charge in [-0.15, -0.1) is 0 Å². The summed E-state index contributed by atoms with van der Waals surface area (Å²) in [6.45, 7) is -0.0136. The van der Waals surface area contributed by atoms with Crippen LogP contribution in [0, 0.1) is 0 Å². The van der Waals surface area contributed by atoms with Crippen molar-refractivity contribution in [2.45, 2.75) is 18.7 Å². The Hall–Kier alpha value is -1.14. The van der Waals surface area contributed by atoms with Gasteiger partial charge in [-0.25, -0.2) is 0 Å². The summed E-state index contributed by atoms with van der Waals surface area (Å²) in [6, 6.07) is 2.70. The third kappa shape index (κ3) is 2.58. The summed E-state index contributed by atoms with van der Waals surface area (Å²) in [7, 11) is 0. The Morgan fingerprint density at radius 3 is 2.71 bits per heavy atom. The van der Waals surface area contributed by atoms with Gasteiger partial charge in [0, 0.05) is 6.42 Å². The lowest BCUT2D eigenvalue weighted by molar-refractivity contribution is -0.203. The van der Waals surface area contributed by atoms with Crippen molar-refractivity contribution in [2.75, 3.05) is 6.79 Å². The smallest absolute Gasteiger partial charge is 0.414 e. The number of hydrogen-bond acceptors (Lipinski definition) is 3. The van der Waals surface area contributed by atoms with E-state index in [1.54, 1.807) is 0 Å². The maximum atomic E-state index is 12.2. The number of halogens is 4. The number of hydrogen-bond donors (Lipinski definition) is 1. The Bertz CT molecular complexity index is 434. The van der Waals surface area contributed by atoms with Crippen LogP contribution in [0.1, 0.15) is 5.56 Å². The van der Waals surface area contributed by atoms with Gasteiger partial charge in [0.05, 0.1) is 5.02 Å². The molecule has 0 aromatic heterocycles. The summed E-state index contributed by atoms with van der Waals surface area (Å²) in [6.07, 6.45) is -7.64. The van der Waals surface area contributed by atoms with Crippen LogP contribution in [0.15, 0.2) is 12.1 Å².